The van der Waals surface area contributed by atoms with Gasteiger partial charge in [-0.15, -0.1) is 22.7 Å². The molecule has 55 heavy (non-hydrogen) atoms. The van der Waals surface area contributed by atoms with Gasteiger partial charge in [0, 0.05) is 37.6 Å². The Kier molecular flexibility index (Phi) is 7.48. The summed E-state index contributed by atoms with van der Waals surface area (Å²) in [6, 6.07) is 73.7. The highest BCUT2D eigenvalue weighted by Crippen LogP contribution is 2.57. The molecule has 260 valence electrons. The number of nitrogens with zero attached hydrogens (tertiary/aromatic N) is 2. The van der Waals surface area contributed by atoms with Crippen molar-refractivity contribution in [1.29, 1.82) is 0 Å². The maximum atomic E-state index is 2.47. The number of aromatic nitrogens is 1. The van der Waals surface area contributed by atoms with E-state index in [4.69, 9.17) is 0 Å². The van der Waals surface area contributed by atoms with E-state index in [1.54, 1.807) is 11.3 Å². The van der Waals surface area contributed by atoms with Gasteiger partial charge in [0.05, 0.1) is 16.4 Å². The number of anilines is 3. The summed E-state index contributed by atoms with van der Waals surface area (Å²) in [5.41, 5.74) is 13.0. The monoisotopic (exact) mass is 738 g/mol. The average Bonchev–Trinajstić information content (AvgIpc) is 4.07. The topological polar surface area (TPSA) is 8.17 Å². The molecule has 0 saturated heterocycles. The van der Waals surface area contributed by atoms with Crippen molar-refractivity contribution in [2.75, 3.05) is 4.90 Å². The fourth-order valence-corrected chi connectivity index (χ4v) is 10.8. The fourth-order valence-electron chi connectivity index (χ4n) is 8.93. The zero-order valence-corrected chi connectivity index (χ0v) is 31.5. The first-order chi connectivity index (χ1) is 27.3. The predicted molar refractivity (Wildman–Crippen MR) is 234 cm³/mol. The lowest BCUT2D eigenvalue weighted by Gasteiger charge is -2.34. The highest BCUT2D eigenvalue weighted by atomic mass is 32.1. The van der Waals surface area contributed by atoms with Crippen LogP contribution in [0.5, 0.6) is 0 Å². The summed E-state index contributed by atoms with van der Waals surface area (Å²) >= 11 is 3.63. The van der Waals surface area contributed by atoms with E-state index in [1.165, 1.54) is 69.9 Å². The number of rotatable bonds is 7. The van der Waals surface area contributed by atoms with Crippen LogP contribution < -0.4 is 4.90 Å². The standard InChI is InChI=1S/C51H34N2S2/c1-4-15-35(16-5-1)51(36-17-6-2-7-18-36)44-23-12-10-21-40(44)41-28-26-38(33-45(41)51)52(50-31-30-49(55-50)48-25-14-32-54-48)39-27-29-43-42-22-11-13-24-46(42)53(47(43)34-39)37-19-8-3-9-20-37/h1-34H. The first-order valence-electron chi connectivity index (χ1n) is 18.7. The number of hydrogen-bond acceptors (Lipinski definition) is 3. The molecule has 0 saturated carbocycles. The molecular formula is C51H34N2S2. The molecule has 0 aliphatic heterocycles. The fraction of sp³-hybridized carbons (Fsp3) is 0.0196. The van der Waals surface area contributed by atoms with Crippen molar-refractivity contribution in [2.24, 2.45) is 0 Å². The molecule has 0 unspecified atom stereocenters. The van der Waals surface area contributed by atoms with Crippen LogP contribution in [0.3, 0.4) is 0 Å². The molecule has 3 heterocycles. The second-order valence-corrected chi connectivity index (χ2v) is 16.1. The molecule has 2 nitrogen and oxygen atoms in total. The Morgan fingerprint density at radius 1 is 0.436 bits per heavy atom. The van der Waals surface area contributed by atoms with E-state index in [0.29, 0.717) is 0 Å². The number of thiophene rings is 2. The van der Waals surface area contributed by atoms with Gasteiger partial charge in [0.15, 0.2) is 0 Å². The zero-order valence-electron chi connectivity index (χ0n) is 29.8. The van der Waals surface area contributed by atoms with E-state index in [2.05, 4.69) is 215 Å². The lowest BCUT2D eigenvalue weighted by atomic mass is 9.67. The minimum Gasteiger partial charge on any atom is -0.309 e. The van der Waals surface area contributed by atoms with Crippen molar-refractivity contribution in [3.63, 3.8) is 0 Å². The molecule has 4 heteroatoms. The quantitative estimate of drug-likeness (QED) is 0.158. The summed E-state index contributed by atoms with van der Waals surface area (Å²) in [6.45, 7) is 0. The molecule has 0 spiro atoms. The van der Waals surface area contributed by atoms with Crippen LogP contribution in [0, 0.1) is 0 Å². The van der Waals surface area contributed by atoms with Crippen LogP contribution in [0.4, 0.5) is 16.4 Å². The van der Waals surface area contributed by atoms with Crippen molar-refractivity contribution in [3.8, 4) is 26.6 Å². The third-order valence-corrected chi connectivity index (χ3v) is 13.3. The molecule has 10 aromatic rings. The van der Waals surface area contributed by atoms with E-state index in [9.17, 15) is 0 Å². The number of hydrogen-bond donors (Lipinski definition) is 0. The summed E-state index contributed by atoms with van der Waals surface area (Å²) < 4.78 is 2.41. The summed E-state index contributed by atoms with van der Waals surface area (Å²) in [5.74, 6) is 0. The normalized spacial score (nSPS) is 12.9. The number of para-hydroxylation sites is 2. The van der Waals surface area contributed by atoms with Gasteiger partial charge in [-0.3, -0.25) is 0 Å². The van der Waals surface area contributed by atoms with Gasteiger partial charge in [0.2, 0.25) is 0 Å². The van der Waals surface area contributed by atoms with E-state index < -0.39 is 5.41 Å². The first-order valence-corrected chi connectivity index (χ1v) is 20.4. The van der Waals surface area contributed by atoms with Gasteiger partial charge in [-0.2, -0.15) is 0 Å². The molecular weight excluding hydrogens is 705 g/mol. The Balaban J connectivity index is 1.19. The Labute approximate surface area is 328 Å². The third-order valence-electron chi connectivity index (χ3n) is 11.2. The molecule has 0 fully saturated rings. The summed E-state index contributed by atoms with van der Waals surface area (Å²) in [5, 5.41) is 5.82. The van der Waals surface area contributed by atoms with Crippen molar-refractivity contribution >= 4 is 60.9 Å². The van der Waals surface area contributed by atoms with E-state index >= 15 is 0 Å². The van der Waals surface area contributed by atoms with Crippen LogP contribution in [-0.2, 0) is 5.41 Å². The second-order valence-electron chi connectivity index (χ2n) is 14.1. The van der Waals surface area contributed by atoms with Crippen molar-refractivity contribution < 1.29 is 0 Å². The lowest BCUT2D eigenvalue weighted by Crippen LogP contribution is -2.28. The van der Waals surface area contributed by atoms with Gasteiger partial charge >= 0.3 is 0 Å². The van der Waals surface area contributed by atoms with Crippen LogP contribution in [0.15, 0.2) is 206 Å². The first kappa shape index (κ1) is 32.0. The van der Waals surface area contributed by atoms with Crippen molar-refractivity contribution in [2.45, 2.75) is 5.41 Å². The Morgan fingerprint density at radius 2 is 1.07 bits per heavy atom. The zero-order chi connectivity index (χ0) is 36.3. The van der Waals surface area contributed by atoms with Gasteiger partial charge in [0.1, 0.15) is 5.00 Å². The molecule has 11 rings (SSSR count). The van der Waals surface area contributed by atoms with Crippen LogP contribution in [0.25, 0.3) is 48.4 Å². The molecule has 3 aromatic heterocycles. The summed E-state index contributed by atoms with van der Waals surface area (Å²) in [6.07, 6.45) is 0. The average molecular weight is 739 g/mol. The number of fused-ring (bicyclic) bond motifs is 6. The number of benzene rings is 7. The molecule has 0 bridgehead atoms. The van der Waals surface area contributed by atoms with E-state index in [0.717, 1.165) is 17.1 Å². The van der Waals surface area contributed by atoms with Crippen LogP contribution in [0.1, 0.15) is 22.3 Å². The molecule has 1 aliphatic rings. The van der Waals surface area contributed by atoms with E-state index in [-0.39, 0.29) is 0 Å². The van der Waals surface area contributed by atoms with Gasteiger partial charge < -0.3 is 9.47 Å². The molecule has 1 aliphatic carbocycles. The van der Waals surface area contributed by atoms with Gasteiger partial charge in [-0.05, 0) is 99.4 Å². The minimum atomic E-state index is -0.489. The Bertz CT molecular complexity index is 2940. The SMILES string of the molecule is c1ccc(-n2c3ccccc3c3ccc(N(c4ccc5c(c4)C(c4ccccc4)(c4ccccc4)c4ccccc4-5)c4ccc(-c5cccs5)s4)cc32)cc1. The lowest BCUT2D eigenvalue weighted by molar-refractivity contribution is 0.768. The molecule has 0 radical (unpaired) electrons. The molecule has 0 atom stereocenters. The van der Waals surface area contributed by atoms with Crippen LogP contribution >= 0.6 is 22.7 Å². The summed E-state index contributed by atoms with van der Waals surface area (Å²) in [4.78, 5) is 5.02. The maximum Gasteiger partial charge on any atom is 0.101 e. The van der Waals surface area contributed by atoms with E-state index in [1.807, 2.05) is 11.3 Å². The van der Waals surface area contributed by atoms with Gasteiger partial charge in [-0.1, -0.05) is 140 Å². The van der Waals surface area contributed by atoms with Crippen LogP contribution in [-0.4, -0.2) is 4.57 Å². The Morgan fingerprint density at radius 3 is 1.84 bits per heavy atom. The van der Waals surface area contributed by atoms with Crippen molar-refractivity contribution in [1.82, 2.24) is 4.57 Å². The smallest absolute Gasteiger partial charge is 0.101 e. The summed E-state index contributed by atoms with van der Waals surface area (Å²) in [7, 11) is 0. The molecule has 7 aromatic carbocycles. The highest BCUT2D eigenvalue weighted by Gasteiger charge is 2.46. The predicted octanol–water partition coefficient (Wildman–Crippen LogP) is 14.4. The van der Waals surface area contributed by atoms with Gasteiger partial charge in [-0.25, -0.2) is 0 Å². The highest BCUT2D eigenvalue weighted by molar-refractivity contribution is 7.23. The van der Waals surface area contributed by atoms with Crippen molar-refractivity contribution in [3.05, 3.63) is 228 Å². The molecule has 0 N–H and O–H groups in total. The minimum absolute atomic E-state index is 0.489. The Hall–Kier alpha value is -6.46. The largest absolute Gasteiger partial charge is 0.309 e. The third kappa shape index (κ3) is 4.92. The maximum absolute atomic E-state index is 2.47. The van der Waals surface area contributed by atoms with Gasteiger partial charge in [0.25, 0.3) is 0 Å². The second kappa shape index (κ2) is 12.8. The molecule has 0 amide bonds. The van der Waals surface area contributed by atoms with Crippen LogP contribution in [0.2, 0.25) is 0 Å².